The summed E-state index contributed by atoms with van der Waals surface area (Å²) in [5, 5.41) is 11.6. The lowest BCUT2D eigenvalue weighted by molar-refractivity contribution is -0.149. The first-order valence-electron chi connectivity index (χ1n) is 5.29. The van der Waals surface area contributed by atoms with Crippen molar-refractivity contribution in [2.45, 2.75) is 19.3 Å². The molecule has 1 aromatic rings. The van der Waals surface area contributed by atoms with E-state index in [1.54, 1.807) is 0 Å². The van der Waals surface area contributed by atoms with Crippen LogP contribution >= 0.6 is 0 Å². The fraction of sp³-hybridized carbons (Fsp3) is 0.455. The molecule has 2 rings (SSSR count). The first-order chi connectivity index (χ1) is 7.65. The van der Waals surface area contributed by atoms with Gasteiger partial charge in [-0.2, -0.15) is 0 Å². The average molecular weight is 222 g/mol. The van der Waals surface area contributed by atoms with Crippen LogP contribution in [0, 0.1) is 5.41 Å². The minimum absolute atomic E-state index is 0.355. The minimum atomic E-state index is -1.13. The molecule has 0 saturated heterocycles. The number of carboxylic acids is 1. The predicted molar refractivity (Wildman–Crippen MR) is 56.8 cm³/mol. The molecule has 1 aliphatic rings. The topological polar surface area (TPSA) is 82.2 Å². The van der Waals surface area contributed by atoms with E-state index in [9.17, 15) is 9.59 Å². The lowest BCUT2D eigenvalue weighted by Gasteiger charge is -2.09. The zero-order valence-electron chi connectivity index (χ0n) is 8.82. The Bertz CT molecular complexity index is 393. The molecule has 1 fully saturated rings. The number of hydrogen-bond donors (Lipinski definition) is 3. The number of nitrogens with one attached hydrogen (secondary N) is 2. The van der Waals surface area contributed by atoms with Crippen molar-refractivity contribution in [3.05, 3.63) is 24.0 Å². The summed E-state index contributed by atoms with van der Waals surface area (Å²) in [7, 11) is 0. The molecule has 1 aliphatic carbocycles. The normalized spacial score (nSPS) is 16.8. The van der Waals surface area contributed by atoms with Crippen molar-refractivity contribution in [3.8, 4) is 0 Å². The van der Waals surface area contributed by atoms with Gasteiger partial charge in [0.05, 0.1) is 0 Å². The first-order valence-corrected chi connectivity index (χ1v) is 5.29. The van der Waals surface area contributed by atoms with E-state index in [1.807, 2.05) is 18.3 Å². The SMILES string of the molecule is O=C(O)C1(C(=O)NCCc2ccc[nH]2)CC1. The van der Waals surface area contributed by atoms with E-state index in [4.69, 9.17) is 5.11 Å². The van der Waals surface area contributed by atoms with Gasteiger partial charge in [-0.1, -0.05) is 0 Å². The van der Waals surface area contributed by atoms with Gasteiger partial charge in [-0.3, -0.25) is 9.59 Å². The van der Waals surface area contributed by atoms with Crippen LogP contribution in [-0.2, 0) is 16.0 Å². The Labute approximate surface area is 92.9 Å². The van der Waals surface area contributed by atoms with Gasteiger partial charge in [0.25, 0.3) is 0 Å². The van der Waals surface area contributed by atoms with Gasteiger partial charge in [-0.15, -0.1) is 0 Å². The van der Waals surface area contributed by atoms with Gasteiger partial charge < -0.3 is 15.4 Å². The summed E-state index contributed by atoms with van der Waals surface area (Å²) in [5.74, 6) is -1.36. The second kappa shape index (κ2) is 4.00. The van der Waals surface area contributed by atoms with Gasteiger partial charge in [0.1, 0.15) is 5.41 Å². The number of aliphatic carboxylic acids is 1. The fourth-order valence-electron chi connectivity index (χ4n) is 1.67. The Morgan fingerprint density at radius 1 is 1.50 bits per heavy atom. The summed E-state index contributed by atoms with van der Waals surface area (Å²) in [4.78, 5) is 25.5. The van der Waals surface area contributed by atoms with Crippen LogP contribution in [0.25, 0.3) is 0 Å². The summed E-state index contributed by atoms with van der Waals surface area (Å²) in [6, 6.07) is 3.81. The molecule has 3 N–H and O–H groups in total. The molecule has 1 aromatic heterocycles. The smallest absolute Gasteiger partial charge is 0.319 e. The molecule has 0 aliphatic heterocycles. The number of amides is 1. The number of aromatic amines is 1. The van der Waals surface area contributed by atoms with Crippen LogP contribution in [0.15, 0.2) is 18.3 Å². The molecule has 0 radical (unpaired) electrons. The minimum Gasteiger partial charge on any atom is -0.480 e. The van der Waals surface area contributed by atoms with E-state index in [-0.39, 0.29) is 5.91 Å². The van der Waals surface area contributed by atoms with Crippen molar-refractivity contribution in [1.29, 1.82) is 0 Å². The van der Waals surface area contributed by atoms with E-state index in [1.165, 1.54) is 0 Å². The molecule has 0 spiro atoms. The van der Waals surface area contributed by atoms with Crippen LogP contribution in [0.2, 0.25) is 0 Å². The standard InChI is InChI=1S/C11H14N2O3/c14-9(11(4-5-11)10(15)16)13-7-3-8-2-1-6-12-8/h1-2,6,12H,3-5,7H2,(H,13,14)(H,15,16). The second-order valence-corrected chi connectivity index (χ2v) is 4.09. The summed E-state index contributed by atoms with van der Waals surface area (Å²) in [5.41, 5.74) is -0.101. The molecule has 1 saturated carbocycles. The molecule has 86 valence electrons. The Balaban J connectivity index is 1.79. The van der Waals surface area contributed by atoms with Crippen molar-refractivity contribution < 1.29 is 14.7 Å². The van der Waals surface area contributed by atoms with Crippen LogP contribution in [0.4, 0.5) is 0 Å². The Hall–Kier alpha value is -1.78. The highest BCUT2D eigenvalue weighted by Crippen LogP contribution is 2.45. The van der Waals surface area contributed by atoms with Gasteiger partial charge in [0.15, 0.2) is 0 Å². The molecule has 0 aromatic carbocycles. The second-order valence-electron chi connectivity index (χ2n) is 4.09. The molecular weight excluding hydrogens is 208 g/mol. The zero-order chi connectivity index (χ0) is 11.6. The van der Waals surface area contributed by atoms with Crippen LogP contribution < -0.4 is 5.32 Å². The summed E-state index contributed by atoms with van der Waals surface area (Å²) >= 11 is 0. The van der Waals surface area contributed by atoms with Crippen LogP contribution in [0.1, 0.15) is 18.5 Å². The zero-order valence-corrected chi connectivity index (χ0v) is 8.82. The van der Waals surface area contributed by atoms with Gasteiger partial charge >= 0.3 is 5.97 Å². The Morgan fingerprint density at radius 2 is 2.25 bits per heavy atom. The van der Waals surface area contributed by atoms with Crippen molar-refractivity contribution in [2.24, 2.45) is 5.41 Å². The monoisotopic (exact) mass is 222 g/mol. The van der Waals surface area contributed by atoms with Gasteiger partial charge in [-0.25, -0.2) is 0 Å². The molecule has 0 unspecified atom stereocenters. The summed E-state index contributed by atoms with van der Waals surface area (Å²) < 4.78 is 0. The highest BCUT2D eigenvalue weighted by atomic mass is 16.4. The largest absolute Gasteiger partial charge is 0.480 e. The Morgan fingerprint density at radius 3 is 2.75 bits per heavy atom. The quantitative estimate of drug-likeness (QED) is 0.636. The first kappa shape index (κ1) is 10.7. The lowest BCUT2D eigenvalue weighted by atomic mass is 10.1. The summed E-state index contributed by atoms with van der Waals surface area (Å²) in [6.07, 6.45) is 3.42. The third kappa shape index (κ3) is 1.93. The van der Waals surface area contributed by atoms with Gasteiger partial charge in [0.2, 0.25) is 5.91 Å². The third-order valence-electron chi connectivity index (χ3n) is 2.94. The third-order valence-corrected chi connectivity index (χ3v) is 2.94. The maximum Gasteiger partial charge on any atom is 0.319 e. The molecule has 0 bridgehead atoms. The van der Waals surface area contributed by atoms with E-state index in [2.05, 4.69) is 10.3 Å². The van der Waals surface area contributed by atoms with Crippen LogP contribution in [0.3, 0.4) is 0 Å². The molecule has 16 heavy (non-hydrogen) atoms. The van der Waals surface area contributed by atoms with Crippen molar-refractivity contribution in [3.63, 3.8) is 0 Å². The number of carbonyl (C=O) groups is 2. The number of carboxylic acid groups (broad SMARTS) is 1. The maximum atomic E-state index is 11.6. The van der Waals surface area contributed by atoms with Gasteiger partial charge in [0, 0.05) is 24.9 Å². The molecule has 0 atom stereocenters. The molecule has 5 heteroatoms. The van der Waals surface area contributed by atoms with Crippen LogP contribution in [0.5, 0.6) is 0 Å². The average Bonchev–Trinajstić information content (AvgIpc) is 2.92. The molecule has 1 amide bonds. The number of hydrogen-bond acceptors (Lipinski definition) is 2. The van der Waals surface area contributed by atoms with E-state index in [0.29, 0.717) is 25.8 Å². The maximum absolute atomic E-state index is 11.6. The van der Waals surface area contributed by atoms with Crippen molar-refractivity contribution >= 4 is 11.9 Å². The highest BCUT2D eigenvalue weighted by molar-refractivity contribution is 6.04. The number of H-pyrrole nitrogens is 1. The number of aromatic nitrogens is 1. The van der Waals surface area contributed by atoms with Crippen LogP contribution in [-0.4, -0.2) is 28.5 Å². The van der Waals surface area contributed by atoms with E-state index < -0.39 is 11.4 Å². The van der Waals surface area contributed by atoms with Crippen molar-refractivity contribution in [1.82, 2.24) is 10.3 Å². The molecule has 1 heterocycles. The number of carbonyl (C=O) groups excluding carboxylic acids is 1. The predicted octanol–water partition coefficient (Wildman–Crippen LogP) is 0.538. The van der Waals surface area contributed by atoms with Gasteiger partial charge in [-0.05, 0) is 25.0 Å². The fourth-order valence-corrected chi connectivity index (χ4v) is 1.67. The molecular formula is C11H14N2O3. The van der Waals surface area contributed by atoms with E-state index in [0.717, 1.165) is 5.69 Å². The van der Waals surface area contributed by atoms with Crippen molar-refractivity contribution in [2.75, 3.05) is 6.54 Å². The molecule has 5 nitrogen and oxygen atoms in total. The summed E-state index contributed by atoms with van der Waals surface area (Å²) in [6.45, 7) is 0.467. The number of rotatable bonds is 5. The Kier molecular flexibility index (Phi) is 2.68. The lowest BCUT2D eigenvalue weighted by Crippen LogP contribution is -2.37. The van der Waals surface area contributed by atoms with E-state index >= 15 is 0 Å². The highest BCUT2D eigenvalue weighted by Gasteiger charge is 2.56.